The van der Waals surface area contributed by atoms with Crippen molar-refractivity contribution in [1.29, 1.82) is 0 Å². The van der Waals surface area contributed by atoms with Gasteiger partial charge in [0.2, 0.25) is 0 Å². The fraction of sp³-hybridized carbons (Fsp3) is 0.455. The summed E-state index contributed by atoms with van der Waals surface area (Å²) in [6.45, 7) is 3.15. The van der Waals surface area contributed by atoms with Gasteiger partial charge in [0, 0.05) is 30.6 Å². The molecule has 82 valence electrons. The van der Waals surface area contributed by atoms with Gasteiger partial charge in [0.25, 0.3) is 0 Å². The number of rotatable bonds is 4. The SMILES string of the molecule is COc1ccc(Cl)cc1NCC1CNC1. The fourth-order valence-corrected chi connectivity index (χ4v) is 1.74. The van der Waals surface area contributed by atoms with E-state index >= 15 is 0 Å². The zero-order chi connectivity index (χ0) is 10.7. The number of halogens is 1. The number of nitrogens with one attached hydrogen (secondary N) is 2. The van der Waals surface area contributed by atoms with Gasteiger partial charge in [-0.3, -0.25) is 0 Å². The summed E-state index contributed by atoms with van der Waals surface area (Å²) >= 11 is 5.93. The van der Waals surface area contributed by atoms with Crippen LogP contribution in [0.2, 0.25) is 5.02 Å². The third-order valence-electron chi connectivity index (χ3n) is 2.61. The second-order valence-electron chi connectivity index (χ2n) is 3.75. The zero-order valence-electron chi connectivity index (χ0n) is 8.72. The van der Waals surface area contributed by atoms with Gasteiger partial charge >= 0.3 is 0 Å². The molecule has 0 spiro atoms. The summed E-state index contributed by atoms with van der Waals surface area (Å²) < 4.78 is 5.25. The molecule has 4 heteroatoms. The Kier molecular flexibility index (Phi) is 3.34. The van der Waals surface area contributed by atoms with E-state index in [9.17, 15) is 0 Å². The normalized spacial score (nSPS) is 15.9. The van der Waals surface area contributed by atoms with Crippen LogP contribution in [0.1, 0.15) is 0 Å². The molecule has 0 amide bonds. The maximum absolute atomic E-state index is 5.93. The monoisotopic (exact) mass is 226 g/mol. The highest BCUT2D eigenvalue weighted by atomic mass is 35.5. The second-order valence-corrected chi connectivity index (χ2v) is 4.19. The van der Waals surface area contributed by atoms with Crippen molar-refractivity contribution < 1.29 is 4.74 Å². The molecule has 0 radical (unpaired) electrons. The summed E-state index contributed by atoms with van der Waals surface area (Å²) in [7, 11) is 1.67. The molecular formula is C11H15ClN2O. The molecule has 1 fully saturated rings. The van der Waals surface area contributed by atoms with E-state index in [0.717, 1.165) is 36.1 Å². The Morgan fingerprint density at radius 3 is 2.93 bits per heavy atom. The van der Waals surface area contributed by atoms with Crippen molar-refractivity contribution in [3.05, 3.63) is 23.2 Å². The minimum Gasteiger partial charge on any atom is -0.495 e. The van der Waals surface area contributed by atoms with Gasteiger partial charge < -0.3 is 15.4 Å². The quantitative estimate of drug-likeness (QED) is 0.824. The summed E-state index contributed by atoms with van der Waals surface area (Å²) in [5.41, 5.74) is 0.969. The molecule has 1 aliphatic rings. The maximum Gasteiger partial charge on any atom is 0.142 e. The first-order chi connectivity index (χ1) is 7.29. The Morgan fingerprint density at radius 1 is 1.53 bits per heavy atom. The second kappa shape index (κ2) is 4.73. The molecule has 3 nitrogen and oxygen atoms in total. The molecule has 0 aliphatic carbocycles. The number of anilines is 1. The number of hydrogen-bond donors (Lipinski definition) is 2. The topological polar surface area (TPSA) is 33.3 Å². The van der Waals surface area contributed by atoms with Crippen LogP contribution in [0.25, 0.3) is 0 Å². The van der Waals surface area contributed by atoms with E-state index in [1.165, 1.54) is 0 Å². The van der Waals surface area contributed by atoms with Crippen molar-refractivity contribution in [2.75, 3.05) is 32.1 Å². The van der Waals surface area contributed by atoms with Crippen molar-refractivity contribution in [2.45, 2.75) is 0 Å². The van der Waals surface area contributed by atoms with Gasteiger partial charge in [-0.15, -0.1) is 0 Å². The highest BCUT2D eigenvalue weighted by Crippen LogP contribution is 2.27. The van der Waals surface area contributed by atoms with Gasteiger partial charge in [0.05, 0.1) is 12.8 Å². The van der Waals surface area contributed by atoms with Gasteiger partial charge in [-0.1, -0.05) is 11.6 Å². The summed E-state index contributed by atoms with van der Waals surface area (Å²) in [4.78, 5) is 0. The molecule has 2 rings (SSSR count). The number of methoxy groups -OCH3 is 1. The zero-order valence-corrected chi connectivity index (χ0v) is 9.47. The van der Waals surface area contributed by atoms with E-state index < -0.39 is 0 Å². The third-order valence-corrected chi connectivity index (χ3v) is 2.84. The lowest BCUT2D eigenvalue weighted by atomic mass is 10.0. The van der Waals surface area contributed by atoms with Crippen molar-refractivity contribution in [2.24, 2.45) is 5.92 Å². The molecule has 0 aromatic heterocycles. The highest BCUT2D eigenvalue weighted by Gasteiger charge is 2.16. The summed E-state index contributed by atoms with van der Waals surface area (Å²) in [6.07, 6.45) is 0. The maximum atomic E-state index is 5.93. The molecule has 2 N–H and O–H groups in total. The average Bonchev–Trinajstić information content (AvgIpc) is 2.16. The smallest absolute Gasteiger partial charge is 0.142 e. The molecule has 1 aromatic rings. The largest absolute Gasteiger partial charge is 0.495 e. The molecule has 1 aliphatic heterocycles. The van der Waals surface area contributed by atoms with Crippen LogP contribution in [0.5, 0.6) is 5.75 Å². The van der Waals surface area contributed by atoms with Crippen LogP contribution in [-0.2, 0) is 0 Å². The molecule has 0 atom stereocenters. The van der Waals surface area contributed by atoms with Gasteiger partial charge in [0.15, 0.2) is 0 Å². The van der Waals surface area contributed by atoms with E-state index in [1.54, 1.807) is 7.11 Å². The molecule has 0 bridgehead atoms. The van der Waals surface area contributed by atoms with E-state index in [1.807, 2.05) is 18.2 Å². The predicted molar refractivity (Wildman–Crippen MR) is 62.9 cm³/mol. The standard InChI is InChI=1S/C11H15ClN2O/c1-15-11-3-2-9(12)4-10(11)14-7-8-5-13-6-8/h2-4,8,13-14H,5-7H2,1H3. The minimum atomic E-state index is 0.716. The lowest BCUT2D eigenvalue weighted by Gasteiger charge is -2.27. The van der Waals surface area contributed by atoms with Crippen LogP contribution in [-0.4, -0.2) is 26.7 Å². The van der Waals surface area contributed by atoms with E-state index in [0.29, 0.717) is 5.92 Å². The van der Waals surface area contributed by atoms with E-state index in [4.69, 9.17) is 16.3 Å². The Morgan fingerprint density at radius 2 is 2.33 bits per heavy atom. The molecule has 0 saturated carbocycles. The van der Waals surface area contributed by atoms with Crippen LogP contribution in [0.15, 0.2) is 18.2 Å². The van der Waals surface area contributed by atoms with Crippen LogP contribution >= 0.6 is 11.6 Å². The number of hydrogen-bond acceptors (Lipinski definition) is 3. The van der Waals surface area contributed by atoms with Crippen molar-refractivity contribution in [1.82, 2.24) is 5.32 Å². The van der Waals surface area contributed by atoms with Crippen LogP contribution in [0.3, 0.4) is 0 Å². The molecule has 1 saturated heterocycles. The van der Waals surface area contributed by atoms with Gasteiger partial charge in [-0.05, 0) is 18.2 Å². The molecule has 15 heavy (non-hydrogen) atoms. The van der Waals surface area contributed by atoms with Crippen molar-refractivity contribution in [3.63, 3.8) is 0 Å². The molecule has 0 unspecified atom stereocenters. The average molecular weight is 227 g/mol. The summed E-state index contributed by atoms with van der Waals surface area (Å²) in [5.74, 6) is 1.56. The van der Waals surface area contributed by atoms with Gasteiger partial charge in [-0.2, -0.15) is 0 Å². The van der Waals surface area contributed by atoms with Gasteiger partial charge in [0.1, 0.15) is 5.75 Å². The Balaban J connectivity index is 2.00. The fourth-order valence-electron chi connectivity index (χ4n) is 1.57. The first kappa shape index (κ1) is 10.6. The van der Waals surface area contributed by atoms with Crippen LogP contribution < -0.4 is 15.4 Å². The third kappa shape index (κ3) is 2.55. The molecule has 1 heterocycles. The Bertz CT molecular complexity index is 339. The van der Waals surface area contributed by atoms with E-state index in [2.05, 4.69) is 10.6 Å². The lowest BCUT2D eigenvalue weighted by Crippen LogP contribution is -2.45. The Labute approximate surface area is 94.8 Å². The lowest BCUT2D eigenvalue weighted by molar-refractivity contribution is 0.364. The van der Waals surface area contributed by atoms with Gasteiger partial charge in [-0.25, -0.2) is 0 Å². The van der Waals surface area contributed by atoms with E-state index in [-0.39, 0.29) is 0 Å². The summed E-state index contributed by atoms with van der Waals surface area (Å²) in [6, 6.07) is 5.60. The Hall–Kier alpha value is -0.930. The molecular weight excluding hydrogens is 212 g/mol. The molecule has 1 aromatic carbocycles. The van der Waals surface area contributed by atoms with Crippen molar-refractivity contribution in [3.8, 4) is 5.75 Å². The minimum absolute atomic E-state index is 0.716. The van der Waals surface area contributed by atoms with Crippen LogP contribution in [0.4, 0.5) is 5.69 Å². The number of ether oxygens (including phenoxy) is 1. The predicted octanol–water partition coefficient (Wildman–Crippen LogP) is 1.98. The highest BCUT2D eigenvalue weighted by molar-refractivity contribution is 6.30. The number of benzene rings is 1. The van der Waals surface area contributed by atoms with Crippen molar-refractivity contribution >= 4 is 17.3 Å². The first-order valence-corrected chi connectivity index (χ1v) is 5.45. The first-order valence-electron chi connectivity index (χ1n) is 5.07. The van der Waals surface area contributed by atoms with Crippen LogP contribution in [0, 0.1) is 5.92 Å². The summed E-state index contributed by atoms with van der Waals surface area (Å²) in [5, 5.41) is 7.32.